The second-order valence-corrected chi connectivity index (χ2v) is 4.10. The zero-order chi connectivity index (χ0) is 10.8. The van der Waals surface area contributed by atoms with Crippen molar-refractivity contribution in [2.24, 2.45) is 13.0 Å². The second kappa shape index (κ2) is 4.14. The van der Waals surface area contributed by atoms with Gasteiger partial charge in [-0.25, -0.2) is 0 Å². The normalized spacial score (nSPS) is 16.4. The molecule has 1 aliphatic rings. The summed E-state index contributed by atoms with van der Waals surface area (Å²) in [6.07, 6.45) is 1.45. The van der Waals surface area contributed by atoms with Gasteiger partial charge in [0.1, 0.15) is 5.78 Å². The van der Waals surface area contributed by atoms with E-state index in [4.69, 9.17) is 0 Å². The van der Waals surface area contributed by atoms with E-state index in [9.17, 15) is 4.79 Å². The van der Waals surface area contributed by atoms with E-state index in [0.29, 0.717) is 12.2 Å². The molecule has 1 N–H and O–H groups in total. The summed E-state index contributed by atoms with van der Waals surface area (Å²) in [5.74, 6) is 0.560. The van der Waals surface area contributed by atoms with E-state index in [1.54, 1.807) is 0 Å². The molecule has 0 aromatic carbocycles. The lowest BCUT2D eigenvalue weighted by Crippen LogP contribution is -2.47. The Morgan fingerprint density at radius 1 is 1.67 bits per heavy atom. The zero-order valence-corrected chi connectivity index (χ0v) is 9.29. The number of ketones is 1. The number of carbonyl (C=O) groups is 1. The van der Waals surface area contributed by atoms with Crippen LogP contribution in [0.1, 0.15) is 18.3 Å². The van der Waals surface area contributed by atoms with Gasteiger partial charge in [-0.05, 0) is 12.5 Å². The van der Waals surface area contributed by atoms with Crippen LogP contribution in [0.3, 0.4) is 0 Å². The minimum atomic E-state index is 0.227. The first kappa shape index (κ1) is 10.4. The molecule has 1 aliphatic heterocycles. The van der Waals surface area contributed by atoms with Crippen molar-refractivity contribution < 1.29 is 4.79 Å². The van der Waals surface area contributed by atoms with Crippen LogP contribution < -0.4 is 5.32 Å². The summed E-state index contributed by atoms with van der Waals surface area (Å²) in [5.41, 5.74) is 2.09. The molecule has 0 bridgehead atoms. The van der Waals surface area contributed by atoms with Crippen LogP contribution in [0.4, 0.5) is 0 Å². The molecule has 1 saturated heterocycles. The highest BCUT2D eigenvalue weighted by Gasteiger charge is 2.25. The van der Waals surface area contributed by atoms with E-state index in [-0.39, 0.29) is 5.92 Å². The number of carbonyl (C=O) groups excluding carboxylic acids is 1. The Morgan fingerprint density at radius 2 is 2.40 bits per heavy atom. The molecule has 0 atom stereocenters. The Hall–Kier alpha value is -1.16. The number of hydrogen-bond acceptors (Lipinski definition) is 3. The Morgan fingerprint density at radius 3 is 2.87 bits per heavy atom. The van der Waals surface area contributed by atoms with Gasteiger partial charge in [0.2, 0.25) is 0 Å². The maximum absolute atomic E-state index is 11.8. The lowest BCUT2D eigenvalue weighted by molar-refractivity contribution is -0.123. The Bertz CT molecular complexity index is 366. The molecular formula is C11H17N3O. The smallest absolute Gasteiger partial charge is 0.144 e. The first-order valence-electron chi connectivity index (χ1n) is 5.46. The van der Waals surface area contributed by atoms with Gasteiger partial charge < -0.3 is 5.32 Å². The largest absolute Gasteiger partial charge is 0.315 e. The number of rotatable bonds is 4. The van der Waals surface area contributed by atoms with Crippen LogP contribution in [0.25, 0.3) is 0 Å². The summed E-state index contributed by atoms with van der Waals surface area (Å²) in [4.78, 5) is 11.8. The van der Waals surface area contributed by atoms with Gasteiger partial charge in [-0.3, -0.25) is 9.48 Å². The average molecular weight is 207 g/mol. The van der Waals surface area contributed by atoms with Crippen LogP contribution in [-0.4, -0.2) is 28.7 Å². The van der Waals surface area contributed by atoms with Gasteiger partial charge in [0.15, 0.2) is 0 Å². The molecule has 0 radical (unpaired) electrons. The molecule has 0 saturated carbocycles. The van der Waals surface area contributed by atoms with Gasteiger partial charge in [-0.1, -0.05) is 6.92 Å². The van der Waals surface area contributed by atoms with Gasteiger partial charge in [-0.15, -0.1) is 0 Å². The number of aromatic nitrogens is 2. The predicted octanol–water partition coefficient (Wildman–Crippen LogP) is 0.313. The molecule has 0 spiro atoms. The molecule has 1 aromatic heterocycles. The van der Waals surface area contributed by atoms with E-state index < -0.39 is 0 Å². The fourth-order valence-corrected chi connectivity index (χ4v) is 1.75. The first-order valence-corrected chi connectivity index (χ1v) is 5.46. The Balaban J connectivity index is 2.02. The van der Waals surface area contributed by atoms with Crippen molar-refractivity contribution in [2.75, 3.05) is 13.1 Å². The third-order valence-corrected chi connectivity index (χ3v) is 2.98. The fourth-order valence-electron chi connectivity index (χ4n) is 1.75. The highest BCUT2D eigenvalue weighted by molar-refractivity contribution is 5.84. The minimum absolute atomic E-state index is 0.227. The first-order chi connectivity index (χ1) is 7.20. The van der Waals surface area contributed by atoms with E-state index in [1.165, 1.54) is 0 Å². The van der Waals surface area contributed by atoms with Crippen molar-refractivity contribution in [3.8, 4) is 0 Å². The van der Waals surface area contributed by atoms with Gasteiger partial charge in [-0.2, -0.15) is 5.10 Å². The molecule has 1 fully saturated rings. The SMILES string of the molecule is CCc1cc(CC(=O)C2CNC2)n(C)n1. The lowest BCUT2D eigenvalue weighted by Gasteiger charge is -2.25. The van der Waals surface area contributed by atoms with Crippen LogP contribution >= 0.6 is 0 Å². The van der Waals surface area contributed by atoms with Crippen molar-refractivity contribution >= 4 is 5.78 Å². The number of aryl methyl sites for hydroxylation is 2. The molecule has 4 heteroatoms. The predicted molar refractivity (Wildman–Crippen MR) is 57.7 cm³/mol. The van der Waals surface area contributed by atoms with Gasteiger partial charge in [0.05, 0.1) is 5.69 Å². The summed E-state index contributed by atoms with van der Waals surface area (Å²) < 4.78 is 1.82. The standard InChI is InChI=1S/C11H17N3O/c1-3-9-4-10(14(2)13-9)5-11(15)8-6-12-7-8/h4,8,12H,3,5-7H2,1-2H3. The van der Waals surface area contributed by atoms with E-state index in [1.807, 2.05) is 17.8 Å². The van der Waals surface area contributed by atoms with Gasteiger partial charge >= 0.3 is 0 Å². The molecule has 0 aliphatic carbocycles. The maximum atomic E-state index is 11.8. The molecule has 1 aromatic rings. The molecular weight excluding hydrogens is 190 g/mol. The Labute approximate surface area is 89.7 Å². The van der Waals surface area contributed by atoms with E-state index in [2.05, 4.69) is 17.3 Å². The van der Waals surface area contributed by atoms with Crippen LogP contribution in [0, 0.1) is 5.92 Å². The topological polar surface area (TPSA) is 46.9 Å². The van der Waals surface area contributed by atoms with Crippen LogP contribution in [0.2, 0.25) is 0 Å². The molecule has 0 amide bonds. The summed E-state index contributed by atoms with van der Waals surface area (Å²) in [6, 6.07) is 2.03. The average Bonchev–Trinajstić information content (AvgIpc) is 2.44. The fraction of sp³-hybridized carbons (Fsp3) is 0.636. The highest BCUT2D eigenvalue weighted by atomic mass is 16.1. The van der Waals surface area contributed by atoms with E-state index in [0.717, 1.165) is 30.9 Å². The van der Waals surface area contributed by atoms with Crippen LogP contribution in [0.5, 0.6) is 0 Å². The van der Waals surface area contributed by atoms with Crippen molar-refractivity contribution in [1.82, 2.24) is 15.1 Å². The molecule has 2 rings (SSSR count). The van der Waals surface area contributed by atoms with Gasteiger partial charge in [0, 0.05) is 38.2 Å². The number of nitrogens with one attached hydrogen (secondary N) is 1. The number of nitrogens with zero attached hydrogens (tertiary/aromatic N) is 2. The monoisotopic (exact) mass is 207 g/mol. The number of hydrogen-bond donors (Lipinski definition) is 1. The zero-order valence-electron chi connectivity index (χ0n) is 9.29. The summed E-state index contributed by atoms with van der Waals surface area (Å²) in [7, 11) is 1.90. The van der Waals surface area contributed by atoms with Crippen LogP contribution in [0.15, 0.2) is 6.07 Å². The third-order valence-electron chi connectivity index (χ3n) is 2.98. The minimum Gasteiger partial charge on any atom is -0.315 e. The highest BCUT2D eigenvalue weighted by Crippen LogP contribution is 2.11. The molecule has 82 valence electrons. The quantitative estimate of drug-likeness (QED) is 0.773. The van der Waals surface area contributed by atoms with Crippen molar-refractivity contribution in [3.63, 3.8) is 0 Å². The third kappa shape index (κ3) is 2.09. The summed E-state index contributed by atoms with van der Waals surface area (Å²) in [5, 5.41) is 7.45. The van der Waals surface area contributed by atoms with Gasteiger partial charge in [0.25, 0.3) is 0 Å². The maximum Gasteiger partial charge on any atom is 0.144 e. The lowest BCUT2D eigenvalue weighted by atomic mass is 9.95. The molecule has 0 unspecified atom stereocenters. The van der Waals surface area contributed by atoms with Crippen molar-refractivity contribution in [1.29, 1.82) is 0 Å². The van der Waals surface area contributed by atoms with Crippen molar-refractivity contribution in [2.45, 2.75) is 19.8 Å². The van der Waals surface area contributed by atoms with Crippen molar-refractivity contribution in [3.05, 3.63) is 17.5 Å². The molecule has 2 heterocycles. The summed E-state index contributed by atoms with van der Waals surface area (Å²) in [6.45, 7) is 3.76. The Kier molecular flexibility index (Phi) is 2.86. The molecule has 15 heavy (non-hydrogen) atoms. The van der Waals surface area contributed by atoms with E-state index >= 15 is 0 Å². The second-order valence-electron chi connectivity index (χ2n) is 4.10. The molecule has 4 nitrogen and oxygen atoms in total. The summed E-state index contributed by atoms with van der Waals surface area (Å²) >= 11 is 0. The van der Waals surface area contributed by atoms with Crippen LogP contribution in [-0.2, 0) is 24.7 Å². The number of Topliss-reactive ketones (excluding diaryl/α,β-unsaturated/α-hetero) is 1.